The molecule has 0 amide bonds. The van der Waals surface area contributed by atoms with E-state index in [-0.39, 0.29) is 0 Å². The number of carbonyl (C=O) groups is 1. The van der Waals surface area contributed by atoms with Crippen molar-refractivity contribution in [2.24, 2.45) is 0 Å². The number of para-hydroxylation sites is 1. The van der Waals surface area contributed by atoms with Crippen LogP contribution < -0.4 is 5.73 Å². The number of benzene rings is 2. The maximum atomic E-state index is 11.4. The molecule has 18 heavy (non-hydrogen) atoms. The maximum Gasteiger partial charge on any atom is 0.321 e. The minimum absolute atomic E-state index is 0.602. The Morgan fingerprint density at radius 1 is 1.06 bits per heavy atom. The largest absolute Gasteiger partial charge is 0.480 e. The Morgan fingerprint density at radius 2 is 1.67 bits per heavy atom. The molecule has 0 fully saturated rings. The second kappa shape index (κ2) is 5.60. The summed E-state index contributed by atoms with van der Waals surface area (Å²) >= 11 is 1.25. The molecule has 1 atom stereocenters. The zero-order valence-corrected chi connectivity index (χ0v) is 10.4. The molecule has 1 unspecified atom stereocenters. The first-order valence-electron chi connectivity index (χ1n) is 5.47. The van der Waals surface area contributed by atoms with Crippen molar-refractivity contribution in [1.82, 2.24) is 0 Å². The molecule has 0 aliphatic carbocycles. The Bertz CT molecular complexity index is 543. The van der Waals surface area contributed by atoms with Gasteiger partial charge in [-0.1, -0.05) is 42.5 Å². The van der Waals surface area contributed by atoms with Gasteiger partial charge in [0.05, 0.1) is 0 Å². The number of thioether (sulfide) groups is 1. The molecule has 2 rings (SSSR count). The molecule has 0 aliphatic heterocycles. The summed E-state index contributed by atoms with van der Waals surface area (Å²) in [5.74, 6) is -0.866. The number of carboxylic acid groups (broad SMARTS) is 1. The van der Waals surface area contributed by atoms with Crippen LogP contribution in [0.1, 0.15) is 10.8 Å². The van der Waals surface area contributed by atoms with Crippen molar-refractivity contribution in [1.29, 1.82) is 0 Å². The number of nitrogens with two attached hydrogens (primary N) is 1. The molecule has 0 spiro atoms. The maximum absolute atomic E-state index is 11.4. The van der Waals surface area contributed by atoms with Crippen LogP contribution in [-0.2, 0) is 4.79 Å². The van der Waals surface area contributed by atoms with Crippen molar-refractivity contribution >= 4 is 23.4 Å². The number of anilines is 1. The van der Waals surface area contributed by atoms with E-state index >= 15 is 0 Å². The molecular weight excluding hydrogens is 246 g/mol. The van der Waals surface area contributed by atoms with Crippen molar-refractivity contribution in [3.8, 4) is 0 Å². The molecule has 0 saturated heterocycles. The first-order chi connectivity index (χ1) is 8.68. The predicted octanol–water partition coefficient (Wildman–Crippen LogP) is 3.19. The van der Waals surface area contributed by atoms with Gasteiger partial charge in [0.2, 0.25) is 0 Å². The van der Waals surface area contributed by atoms with Gasteiger partial charge >= 0.3 is 5.97 Å². The molecule has 3 nitrogen and oxygen atoms in total. The fraction of sp³-hybridized carbons (Fsp3) is 0.0714. The van der Waals surface area contributed by atoms with Crippen molar-refractivity contribution in [2.75, 3.05) is 5.73 Å². The average molecular weight is 259 g/mol. The van der Waals surface area contributed by atoms with Crippen LogP contribution in [0, 0.1) is 0 Å². The molecule has 0 aromatic heterocycles. The molecule has 0 saturated carbocycles. The van der Waals surface area contributed by atoms with Gasteiger partial charge in [0.15, 0.2) is 0 Å². The lowest BCUT2D eigenvalue weighted by atomic mass is 10.1. The van der Waals surface area contributed by atoms with E-state index in [0.29, 0.717) is 5.69 Å². The number of nitrogen functional groups attached to an aromatic ring is 1. The predicted molar refractivity (Wildman–Crippen MR) is 73.5 cm³/mol. The minimum atomic E-state index is -0.866. The third-order valence-corrected chi connectivity index (χ3v) is 3.83. The molecule has 3 N–H and O–H groups in total. The fourth-order valence-electron chi connectivity index (χ4n) is 1.60. The number of hydrogen-bond donors (Lipinski definition) is 2. The van der Waals surface area contributed by atoms with Crippen LogP contribution in [0.25, 0.3) is 0 Å². The Kier molecular flexibility index (Phi) is 3.89. The number of hydrogen-bond acceptors (Lipinski definition) is 3. The van der Waals surface area contributed by atoms with Gasteiger partial charge in [-0.3, -0.25) is 4.79 Å². The van der Waals surface area contributed by atoms with Gasteiger partial charge in [0.1, 0.15) is 5.25 Å². The number of carboxylic acids is 1. The SMILES string of the molecule is Nc1ccccc1SC(C(=O)O)c1ccccc1. The van der Waals surface area contributed by atoms with E-state index < -0.39 is 11.2 Å². The summed E-state index contributed by atoms with van der Waals surface area (Å²) in [6, 6.07) is 16.4. The zero-order chi connectivity index (χ0) is 13.0. The van der Waals surface area contributed by atoms with Crippen LogP contribution in [-0.4, -0.2) is 11.1 Å². The summed E-state index contributed by atoms with van der Waals surface area (Å²) in [6.45, 7) is 0. The molecule has 2 aromatic carbocycles. The van der Waals surface area contributed by atoms with Gasteiger partial charge in [-0.2, -0.15) is 0 Å². The summed E-state index contributed by atoms with van der Waals surface area (Å²) in [4.78, 5) is 12.1. The van der Waals surface area contributed by atoms with Crippen LogP contribution in [0.5, 0.6) is 0 Å². The van der Waals surface area contributed by atoms with Crippen LogP contribution in [0.2, 0.25) is 0 Å². The van der Waals surface area contributed by atoms with Gasteiger partial charge in [0.25, 0.3) is 0 Å². The summed E-state index contributed by atoms with van der Waals surface area (Å²) < 4.78 is 0. The van der Waals surface area contributed by atoms with E-state index in [1.54, 1.807) is 6.07 Å². The highest BCUT2D eigenvalue weighted by atomic mass is 32.2. The highest BCUT2D eigenvalue weighted by Crippen LogP contribution is 2.37. The van der Waals surface area contributed by atoms with Gasteiger partial charge < -0.3 is 10.8 Å². The molecule has 0 radical (unpaired) electrons. The van der Waals surface area contributed by atoms with Crippen LogP contribution in [0.3, 0.4) is 0 Å². The van der Waals surface area contributed by atoms with E-state index in [4.69, 9.17) is 5.73 Å². The number of aliphatic carboxylic acids is 1. The zero-order valence-electron chi connectivity index (χ0n) is 9.61. The second-order valence-corrected chi connectivity index (χ2v) is 4.93. The van der Waals surface area contributed by atoms with E-state index in [1.165, 1.54) is 11.8 Å². The molecular formula is C14H13NO2S. The van der Waals surface area contributed by atoms with Crippen molar-refractivity contribution < 1.29 is 9.90 Å². The van der Waals surface area contributed by atoms with Gasteiger partial charge in [0, 0.05) is 10.6 Å². The van der Waals surface area contributed by atoms with E-state index in [2.05, 4.69) is 0 Å². The third-order valence-electron chi connectivity index (χ3n) is 2.49. The highest BCUT2D eigenvalue weighted by molar-refractivity contribution is 8.00. The van der Waals surface area contributed by atoms with Crippen molar-refractivity contribution in [3.63, 3.8) is 0 Å². The summed E-state index contributed by atoms with van der Waals surface area (Å²) in [5.41, 5.74) is 7.20. The van der Waals surface area contributed by atoms with Crippen LogP contribution in [0.15, 0.2) is 59.5 Å². The summed E-state index contributed by atoms with van der Waals surface area (Å²) in [5, 5.41) is 8.67. The Labute approximate surface area is 110 Å². The first kappa shape index (κ1) is 12.5. The van der Waals surface area contributed by atoms with Crippen LogP contribution in [0.4, 0.5) is 5.69 Å². The normalized spacial score (nSPS) is 12.0. The lowest BCUT2D eigenvalue weighted by Crippen LogP contribution is -2.08. The quantitative estimate of drug-likeness (QED) is 0.654. The van der Waals surface area contributed by atoms with Gasteiger partial charge in [-0.25, -0.2) is 0 Å². The summed E-state index contributed by atoms with van der Waals surface area (Å²) in [7, 11) is 0. The minimum Gasteiger partial charge on any atom is -0.480 e. The lowest BCUT2D eigenvalue weighted by molar-refractivity contribution is -0.136. The van der Waals surface area contributed by atoms with Crippen LogP contribution >= 0.6 is 11.8 Å². The van der Waals surface area contributed by atoms with E-state index in [0.717, 1.165) is 10.5 Å². The Balaban J connectivity index is 2.28. The highest BCUT2D eigenvalue weighted by Gasteiger charge is 2.21. The molecule has 0 bridgehead atoms. The molecule has 92 valence electrons. The van der Waals surface area contributed by atoms with Gasteiger partial charge in [-0.05, 0) is 17.7 Å². The third kappa shape index (κ3) is 2.84. The Morgan fingerprint density at radius 3 is 2.28 bits per heavy atom. The fourth-order valence-corrected chi connectivity index (χ4v) is 2.61. The molecule has 0 aliphatic rings. The molecule has 4 heteroatoms. The van der Waals surface area contributed by atoms with Crippen molar-refractivity contribution in [2.45, 2.75) is 10.1 Å². The topological polar surface area (TPSA) is 63.3 Å². The molecule has 0 heterocycles. The smallest absolute Gasteiger partial charge is 0.321 e. The second-order valence-electron chi connectivity index (χ2n) is 3.78. The molecule has 2 aromatic rings. The monoisotopic (exact) mass is 259 g/mol. The van der Waals surface area contributed by atoms with E-state index in [1.807, 2.05) is 48.5 Å². The van der Waals surface area contributed by atoms with Crippen molar-refractivity contribution in [3.05, 3.63) is 60.2 Å². The Hall–Kier alpha value is -1.94. The summed E-state index contributed by atoms with van der Waals surface area (Å²) in [6.07, 6.45) is 0. The number of rotatable bonds is 4. The first-order valence-corrected chi connectivity index (χ1v) is 6.35. The van der Waals surface area contributed by atoms with E-state index in [9.17, 15) is 9.90 Å². The standard InChI is InChI=1S/C14H13NO2S/c15-11-8-4-5-9-12(11)18-13(14(16)17)10-6-2-1-3-7-10/h1-9,13H,15H2,(H,16,17). The van der Waals surface area contributed by atoms with Gasteiger partial charge in [-0.15, -0.1) is 11.8 Å². The average Bonchev–Trinajstić information content (AvgIpc) is 2.38. The lowest BCUT2D eigenvalue weighted by Gasteiger charge is -2.13.